The maximum absolute atomic E-state index is 13.6. The van der Waals surface area contributed by atoms with Crippen LogP contribution >= 0.6 is 0 Å². The highest BCUT2D eigenvalue weighted by Crippen LogP contribution is 2.19. The van der Waals surface area contributed by atoms with Crippen LogP contribution in [0.1, 0.15) is 5.82 Å². The first kappa shape index (κ1) is 13.1. The molecule has 0 spiro atoms. The summed E-state index contributed by atoms with van der Waals surface area (Å²) in [5, 5.41) is 8.73. The van der Waals surface area contributed by atoms with Crippen molar-refractivity contribution in [2.24, 2.45) is 5.73 Å². The number of rotatable bonds is 4. The van der Waals surface area contributed by atoms with Crippen molar-refractivity contribution in [2.75, 3.05) is 0 Å². The van der Waals surface area contributed by atoms with E-state index < -0.39 is 17.8 Å². The lowest BCUT2D eigenvalue weighted by Gasteiger charge is -2.07. The molecular weight excluding hydrogens is 249 g/mol. The second-order valence-corrected chi connectivity index (χ2v) is 3.99. The minimum absolute atomic E-state index is 0.00236. The van der Waals surface area contributed by atoms with Crippen molar-refractivity contribution in [3.63, 3.8) is 0 Å². The molecule has 1 heterocycles. The number of aliphatic carboxylic acids is 1. The van der Waals surface area contributed by atoms with Gasteiger partial charge in [0.25, 0.3) is 0 Å². The number of aromatic nitrogens is 2. The first-order chi connectivity index (χ1) is 9.08. The largest absolute Gasteiger partial charge is 0.480 e. The Balaban J connectivity index is 2.30. The average Bonchev–Trinajstić information content (AvgIpc) is 2.39. The second kappa shape index (κ2) is 5.53. The lowest BCUT2D eigenvalue weighted by atomic mass is 10.1. The maximum Gasteiger partial charge on any atom is 0.320 e. The van der Waals surface area contributed by atoms with Crippen LogP contribution in [0.25, 0.3) is 11.3 Å². The van der Waals surface area contributed by atoms with E-state index in [2.05, 4.69) is 9.97 Å². The molecule has 5 nitrogen and oxygen atoms in total. The van der Waals surface area contributed by atoms with Gasteiger partial charge in [0.15, 0.2) is 0 Å². The summed E-state index contributed by atoms with van der Waals surface area (Å²) in [6.07, 6.45) is 1.45. The van der Waals surface area contributed by atoms with E-state index in [4.69, 9.17) is 10.8 Å². The van der Waals surface area contributed by atoms with Gasteiger partial charge in [0.2, 0.25) is 0 Å². The number of hydrogen-bond acceptors (Lipinski definition) is 4. The van der Waals surface area contributed by atoms with E-state index in [0.29, 0.717) is 11.3 Å². The molecule has 3 N–H and O–H groups in total. The highest BCUT2D eigenvalue weighted by atomic mass is 19.1. The Labute approximate surface area is 108 Å². The van der Waals surface area contributed by atoms with Crippen LogP contribution < -0.4 is 5.73 Å². The molecule has 2 aromatic rings. The van der Waals surface area contributed by atoms with Gasteiger partial charge in [-0.25, -0.2) is 14.4 Å². The van der Waals surface area contributed by atoms with Crippen molar-refractivity contribution < 1.29 is 14.3 Å². The predicted molar refractivity (Wildman–Crippen MR) is 66.7 cm³/mol. The topological polar surface area (TPSA) is 89.1 Å². The number of carboxylic acid groups (broad SMARTS) is 1. The molecular formula is C13H12FN3O2. The number of benzene rings is 1. The molecule has 2 rings (SSSR count). The molecule has 0 radical (unpaired) electrons. The first-order valence-corrected chi connectivity index (χ1v) is 5.63. The zero-order chi connectivity index (χ0) is 13.8. The van der Waals surface area contributed by atoms with Crippen LogP contribution in [-0.4, -0.2) is 27.1 Å². The molecule has 6 heteroatoms. The molecule has 0 aliphatic carbocycles. The van der Waals surface area contributed by atoms with Crippen molar-refractivity contribution in [3.05, 3.63) is 48.2 Å². The fraction of sp³-hybridized carbons (Fsp3) is 0.154. The molecule has 0 bridgehead atoms. The maximum atomic E-state index is 13.6. The Morgan fingerprint density at radius 2 is 2.11 bits per heavy atom. The molecule has 1 aromatic heterocycles. The third-order valence-electron chi connectivity index (χ3n) is 2.57. The normalized spacial score (nSPS) is 12.1. The average molecular weight is 261 g/mol. The molecule has 0 saturated carbocycles. The van der Waals surface area contributed by atoms with E-state index >= 15 is 0 Å². The van der Waals surface area contributed by atoms with Gasteiger partial charge in [0.05, 0.1) is 5.69 Å². The SMILES string of the molecule is NC(Cc1nccc(-c2ccccc2F)n1)C(=O)O. The third kappa shape index (κ3) is 3.11. The summed E-state index contributed by atoms with van der Waals surface area (Å²) in [5.74, 6) is -1.25. The Morgan fingerprint density at radius 1 is 1.37 bits per heavy atom. The molecule has 0 aliphatic heterocycles. The summed E-state index contributed by atoms with van der Waals surface area (Å²) in [5.41, 5.74) is 6.16. The summed E-state index contributed by atoms with van der Waals surface area (Å²) >= 11 is 0. The second-order valence-electron chi connectivity index (χ2n) is 3.99. The standard InChI is InChI=1S/C13H12FN3O2/c14-9-4-2-1-3-8(9)11-5-6-16-12(17-11)7-10(15)13(18)19/h1-6,10H,7,15H2,(H,18,19). The number of nitrogens with two attached hydrogens (primary N) is 1. The Morgan fingerprint density at radius 3 is 2.79 bits per heavy atom. The van der Waals surface area contributed by atoms with Crippen LogP contribution in [0.15, 0.2) is 36.5 Å². The molecule has 0 saturated heterocycles. The smallest absolute Gasteiger partial charge is 0.320 e. The van der Waals surface area contributed by atoms with Crippen molar-refractivity contribution in [2.45, 2.75) is 12.5 Å². The van der Waals surface area contributed by atoms with Crippen LogP contribution in [0.3, 0.4) is 0 Å². The molecule has 0 aliphatic rings. The Hall–Kier alpha value is -2.34. The minimum atomic E-state index is -1.13. The summed E-state index contributed by atoms with van der Waals surface area (Å²) in [7, 11) is 0. The van der Waals surface area contributed by atoms with Gasteiger partial charge in [-0.3, -0.25) is 4.79 Å². The monoisotopic (exact) mass is 261 g/mol. The van der Waals surface area contributed by atoms with Gasteiger partial charge in [0.1, 0.15) is 17.7 Å². The van der Waals surface area contributed by atoms with Crippen LogP contribution in [-0.2, 0) is 11.2 Å². The van der Waals surface area contributed by atoms with Crippen molar-refractivity contribution in [3.8, 4) is 11.3 Å². The van der Waals surface area contributed by atoms with Gasteiger partial charge >= 0.3 is 5.97 Å². The summed E-state index contributed by atoms with van der Waals surface area (Å²) in [6.45, 7) is 0. The zero-order valence-electron chi connectivity index (χ0n) is 9.95. The fourth-order valence-electron chi connectivity index (χ4n) is 1.60. The Bertz CT molecular complexity index is 604. The molecule has 1 aromatic carbocycles. The lowest BCUT2D eigenvalue weighted by molar-refractivity contribution is -0.138. The molecule has 98 valence electrons. The molecule has 19 heavy (non-hydrogen) atoms. The first-order valence-electron chi connectivity index (χ1n) is 5.63. The molecule has 1 unspecified atom stereocenters. The Kier molecular flexibility index (Phi) is 3.82. The van der Waals surface area contributed by atoms with Gasteiger partial charge < -0.3 is 10.8 Å². The van der Waals surface area contributed by atoms with Gasteiger partial charge in [-0.05, 0) is 18.2 Å². The number of hydrogen-bond donors (Lipinski definition) is 2. The van der Waals surface area contributed by atoms with Crippen molar-refractivity contribution >= 4 is 5.97 Å². The molecule has 0 fully saturated rings. The van der Waals surface area contributed by atoms with Gasteiger partial charge in [-0.15, -0.1) is 0 Å². The van der Waals surface area contributed by atoms with Crippen LogP contribution in [0, 0.1) is 5.82 Å². The summed E-state index contributed by atoms with van der Waals surface area (Å²) in [6, 6.07) is 6.70. The van der Waals surface area contributed by atoms with Crippen molar-refractivity contribution in [1.29, 1.82) is 0 Å². The van der Waals surface area contributed by atoms with Crippen LogP contribution in [0.2, 0.25) is 0 Å². The van der Waals surface area contributed by atoms with Crippen LogP contribution in [0.5, 0.6) is 0 Å². The molecule has 0 amide bonds. The van der Waals surface area contributed by atoms with E-state index in [1.54, 1.807) is 24.3 Å². The van der Waals surface area contributed by atoms with E-state index in [1.165, 1.54) is 12.3 Å². The number of carboxylic acids is 1. The lowest BCUT2D eigenvalue weighted by Crippen LogP contribution is -2.32. The molecule has 1 atom stereocenters. The zero-order valence-corrected chi connectivity index (χ0v) is 9.95. The van der Waals surface area contributed by atoms with E-state index in [-0.39, 0.29) is 12.2 Å². The number of nitrogens with zero attached hydrogens (tertiary/aromatic N) is 2. The van der Waals surface area contributed by atoms with Gasteiger partial charge in [0, 0.05) is 18.2 Å². The number of halogens is 1. The van der Waals surface area contributed by atoms with Crippen molar-refractivity contribution in [1.82, 2.24) is 9.97 Å². The van der Waals surface area contributed by atoms with Crippen LogP contribution in [0.4, 0.5) is 4.39 Å². The van der Waals surface area contributed by atoms with E-state index in [0.717, 1.165) is 0 Å². The van der Waals surface area contributed by atoms with Gasteiger partial charge in [-0.1, -0.05) is 12.1 Å². The minimum Gasteiger partial charge on any atom is -0.480 e. The highest BCUT2D eigenvalue weighted by Gasteiger charge is 2.15. The summed E-state index contributed by atoms with van der Waals surface area (Å²) < 4.78 is 13.6. The quantitative estimate of drug-likeness (QED) is 0.864. The van der Waals surface area contributed by atoms with Gasteiger partial charge in [-0.2, -0.15) is 0 Å². The fourth-order valence-corrected chi connectivity index (χ4v) is 1.60. The predicted octanol–water partition coefficient (Wildman–Crippen LogP) is 1.24. The third-order valence-corrected chi connectivity index (χ3v) is 2.57. The summed E-state index contributed by atoms with van der Waals surface area (Å²) in [4.78, 5) is 18.7. The van der Waals surface area contributed by atoms with E-state index in [1.807, 2.05) is 0 Å². The highest BCUT2D eigenvalue weighted by molar-refractivity contribution is 5.73. The van der Waals surface area contributed by atoms with E-state index in [9.17, 15) is 9.18 Å². The number of carbonyl (C=O) groups is 1.